The topological polar surface area (TPSA) is 41.6 Å². The average molecular weight is 248 g/mol. The third-order valence-electron chi connectivity index (χ3n) is 3.11. The Morgan fingerprint density at radius 3 is 2.67 bits per heavy atom. The summed E-state index contributed by atoms with van der Waals surface area (Å²) in [7, 11) is 4.00. The maximum absolute atomic E-state index is 11.8. The van der Waals surface area contributed by atoms with Crippen molar-refractivity contribution in [3.05, 3.63) is 29.8 Å². The molecule has 0 saturated carbocycles. The molecule has 1 aromatic carbocycles. The van der Waals surface area contributed by atoms with Gasteiger partial charge in [-0.25, -0.2) is 0 Å². The molecule has 4 heteroatoms. The number of hydrogen-bond acceptors (Lipinski definition) is 3. The Labute approximate surface area is 108 Å². The Morgan fingerprint density at radius 1 is 1.39 bits per heavy atom. The van der Waals surface area contributed by atoms with Crippen molar-refractivity contribution in [3.63, 3.8) is 0 Å². The first-order chi connectivity index (χ1) is 8.65. The molecule has 4 nitrogen and oxygen atoms in total. The molecule has 1 aliphatic heterocycles. The van der Waals surface area contributed by atoms with Crippen LogP contribution >= 0.6 is 0 Å². The minimum absolute atomic E-state index is 0.0723. The number of carbonyl (C=O) groups is 1. The number of rotatable bonds is 4. The van der Waals surface area contributed by atoms with Gasteiger partial charge in [-0.15, -0.1) is 0 Å². The lowest BCUT2D eigenvalue weighted by Gasteiger charge is -2.13. The van der Waals surface area contributed by atoms with Gasteiger partial charge in [-0.1, -0.05) is 12.1 Å². The smallest absolute Gasteiger partial charge is 0.224 e. The van der Waals surface area contributed by atoms with E-state index in [0.717, 1.165) is 24.3 Å². The molecule has 2 rings (SSSR count). The Morgan fingerprint density at radius 2 is 2.11 bits per heavy atom. The fourth-order valence-corrected chi connectivity index (χ4v) is 2.02. The molecule has 0 aromatic heterocycles. The van der Waals surface area contributed by atoms with E-state index in [2.05, 4.69) is 5.32 Å². The summed E-state index contributed by atoms with van der Waals surface area (Å²) in [6.45, 7) is 1.40. The SMILES string of the molecule is CN(C)c1ccc(CC(=O)NC2CCOC2)cc1. The van der Waals surface area contributed by atoms with Gasteiger partial charge in [0.05, 0.1) is 19.1 Å². The average Bonchev–Trinajstić information content (AvgIpc) is 2.82. The van der Waals surface area contributed by atoms with Crippen LogP contribution < -0.4 is 10.2 Å². The van der Waals surface area contributed by atoms with Gasteiger partial charge in [0.25, 0.3) is 0 Å². The van der Waals surface area contributed by atoms with Gasteiger partial charge in [0.1, 0.15) is 0 Å². The van der Waals surface area contributed by atoms with Crippen LogP contribution in [0.25, 0.3) is 0 Å². The minimum atomic E-state index is 0.0723. The molecule has 0 radical (unpaired) electrons. The van der Waals surface area contributed by atoms with Crippen molar-refractivity contribution in [1.29, 1.82) is 0 Å². The molecular formula is C14H20N2O2. The molecule has 18 heavy (non-hydrogen) atoms. The highest BCUT2D eigenvalue weighted by Crippen LogP contribution is 2.12. The van der Waals surface area contributed by atoms with Crippen molar-refractivity contribution in [1.82, 2.24) is 5.32 Å². The standard InChI is InChI=1S/C14H20N2O2/c1-16(2)13-5-3-11(4-6-13)9-14(17)15-12-7-8-18-10-12/h3-6,12H,7-10H2,1-2H3,(H,15,17). The largest absolute Gasteiger partial charge is 0.379 e. The number of nitrogens with zero attached hydrogens (tertiary/aromatic N) is 1. The number of hydrogen-bond donors (Lipinski definition) is 1. The molecular weight excluding hydrogens is 228 g/mol. The van der Waals surface area contributed by atoms with E-state index in [9.17, 15) is 4.79 Å². The monoisotopic (exact) mass is 248 g/mol. The summed E-state index contributed by atoms with van der Waals surface area (Å²) in [5, 5.41) is 2.99. The van der Waals surface area contributed by atoms with E-state index in [-0.39, 0.29) is 11.9 Å². The third-order valence-corrected chi connectivity index (χ3v) is 3.11. The van der Waals surface area contributed by atoms with Crippen LogP contribution in [0.2, 0.25) is 0 Å². The molecule has 1 amide bonds. The van der Waals surface area contributed by atoms with Gasteiger partial charge < -0.3 is 15.0 Å². The number of benzene rings is 1. The quantitative estimate of drug-likeness (QED) is 0.870. The molecule has 1 N–H and O–H groups in total. The molecule has 0 spiro atoms. The number of anilines is 1. The second-order valence-electron chi connectivity index (χ2n) is 4.87. The zero-order chi connectivity index (χ0) is 13.0. The third kappa shape index (κ3) is 3.47. The molecule has 1 fully saturated rings. The number of carbonyl (C=O) groups excluding carboxylic acids is 1. The molecule has 1 aliphatic rings. The zero-order valence-electron chi connectivity index (χ0n) is 11.0. The second kappa shape index (κ2) is 5.87. The van der Waals surface area contributed by atoms with E-state index in [1.807, 2.05) is 43.3 Å². The second-order valence-corrected chi connectivity index (χ2v) is 4.87. The van der Waals surface area contributed by atoms with Gasteiger partial charge in [0.15, 0.2) is 0 Å². The lowest BCUT2D eigenvalue weighted by atomic mass is 10.1. The maximum Gasteiger partial charge on any atom is 0.224 e. The van der Waals surface area contributed by atoms with Crippen LogP contribution in [0.15, 0.2) is 24.3 Å². The summed E-state index contributed by atoms with van der Waals surface area (Å²) in [5.41, 5.74) is 2.18. The summed E-state index contributed by atoms with van der Waals surface area (Å²) in [4.78, 5) is 13.9. The first kappa shape index (κ1) is 12.9. The fourth-order valence-electron chi connectivity index (χ4n) is 2.02. The summed E-state index contributed by atoms with van der Waals surface area (Å²) >= 11 is 0. The van der Waals surface area contributed by atoms with Crippen LogP contribution in [0.3, 0.4) is 0 Å². The molecule has 1 saturated heterocycles. The number of amides is 1. The van der Waals surface area contributed by atoms with Gasteiger partial charge in [0, 0.05) is 26.4 Å². The lowest BCUT2D eigenvalue weighted by molar-refractivity contribution is -0.121. The van der Waals surface area contributed by atoms with Crippen LogP contribution in [0.5, 0.6) is 0 Å². The van der Waals surface area contributed by atoms with Crippen molar-refractivity contribution in [2.75, 3.05) is 32.2 Å². The van der Waals surface area contributed by atoms with Crippen LogP contribution in [0.4, 0.5) is 5.69 Å². The predicted molar refractivity (Wildman–Crippen MR) is 71.8 cm³/mol. The van der Waals surface area contributed by atoms with Crippen molar-refractivity contribution < 1.29 is 9.53 Å². The Bertz CT molecular complexity index is 395. The van der Waals surface area contributed by atoms with Gasteiger partial charge in [0.2, 0.25) is 5.91 Å². The lowest BCUT2D eigenvalue weighted by Crippen LogP contribution is -2.36. The highest BCUT2D eigenvalue weighted by atomic mass is 16.5. The molecule has 0 bridgehead atoms. The summed E-state index contributed by atoms with van der Waals surface area (Å²) in [6.07, 6.45) is 1.36. The van der Waals surface area contributed by atoms with Crippen molar-refractivity contribution in [2.45, 2.75) is 18.9 Å². The summed E-state index contributed by atoms with van der Waals surface area (Å²) < 4.78 is 5.23. The van der Waals surface area contributed by atoms with Gasteiger partial charge in [-0.05, 0) is 24.1 Å². The normalized spacial score (nSPS) is 18.7. The summed E-state index contributed by atoms with van der Waals surface area (Å²) in [5.74, 6) is 0.0723. The van der Waals surface area contributed by atoms with E-state index in [1.54, 1.807) is 0 Å². The van der Waals surface area contributed by atoms with Gasteiger partial charge in [-0.2, -0.15) is 0 Å². The number of ether oxygens (including phenoxy) is 1. The Balaban J connectivity index is 1.86. The first-order valence-corrected chi connectivity index (χ1v) is 6.28. The molecule has 1 heterocycles. The summed E-state index contributed by atoms with van der Waals surface area (Å²) in [6, 6.07) is 8.25. The minimum Gasteiger partial charge on any atom is -0.379 e. The Kier molecular flexibility index (Phi) is 4.20. The van der Waals surface area contributed by atoms with Crippen molar-refractivity contribution in [2.24, 2.45) is 0 Å². The predicted octanol–water partition coefficient (Wildman–Crippen LogP) is 1.20. The van der Waals surface area contributed by atoms with E-state index in [4.69, 9.17) is 4.74 Å². The molecule has 1 unspecified atom stereocenters. The highest BCUT2D eigenvalue weighted by Gasteiger charge is 2.17. The zero-order valence-corrected chi connectivity index (χ0v) is 11.0. The molecule has 1 aromatic rings. The van der Waals surface area contributed by atoms with Crippen LogP contribution in [0, 0.1) is 0 Å². The van der Waals surface area contributed by atoms with Gasteiger partial charge in [-0.3, -0.25) is 4.79 Å². The van der Waals surface area contributed by atoms with E-state index in [1.165, 1.54) is 0 Å². The van der Waals surface area contributed by atoms with Crippen LogP contribution in [0.1, 0.15) is 12.0 Å². The fraction of sp³-hybridized carbons (Fsp3) is 0.500. The molecule has 1 atom stereocenters. The van der Waals surface area contributed by atoms with E-state index >= 15 is 0 Å². The van der Waals surface area contributed by atoms with Crippen molar-refractivity contribution in [3.8, 4) is 0 Å². The van der Waals surface area contributed by atoms with Crippen LogP contribution in [-0.2, 0) is 16.0 Å². The van der Waals surface area contributed by atoms with E-state index in [0.29, 0.717) is 13.0 Å². The molecule has 98 valence electrons. The molecule has 0 aliphatic carbocycles. The highest BCUT2D eigenvalue weighted by molar-refractivity contribution is 5.79. The Hall–Kier alpha value is -1.55. The van der Waals surface area contributed by atoms with Gasteiger partial charge >= 0.3 is 0 Å². The number of nitrogens with one attached hydrogen (secondary N) is 1. The van der Waals surface area contributed by atoms with Crippen molar-refractivity contribution >= 4 is 11.6 Å². The van der Waals surface area contributed by atoms with Crippen LogP contribution in [-0.4, -0.2) is 39.3 Å². The van der Waals surface area contributed by atoms with E-state index < -0.39 is 0 Å². The maximum atomic E-state index is 11.8. The first-order valence-electron chi connectivity index (χ1n) is 6.28.